The van der Waals surface area contributed by atoms with Crippen LogP contribution in [0.15, 0.2) is 30.3 Å². The zero-order valence-corrected chi connectivity index (χ0v) is 11.4. The van der Waals surface area contributed by atoms with E-state index in [9.17, 15) is 4.79 Å². The number of benzene rings is 1. The maximum Gasteiger partial charge on any atom is 0.242 e. The highest BCUT2D eigenvalue weighted by molar-refractivity contribution is 5.83. The van der Waals surface area contributed by atoms with E-state index in [1.807, 2.05) is 37.3 Å². The van der Waals surface area contributed by atoms with Crippen LogP contribution < -0.4 is 11.3 Å². The minimum Gasteiger partial charge on any atom is -0.396 e. The number of carbonyl (C=O) groups is 1. The molecule has 0 saturated carbocycles. The number of likely N-dealkylation sites (N-methyl/N-ethyl adjacent to an activating group) is 1. The van der Waals surface area contributed by atoms with Crippen LogP contribution in [0.3, 0.4) is 0 Å². The highest BCUT2D eigenvalue weighted by Gasteiger charge is 2.22. The number of nitrogens with two attached hydrogens (primary N) is 1. The van der Waals surface area contributed by atoms with E-state index in [1.165, 1.54) is 0 Å². The monoisotopic (exact) mass is 265 g/mol. The van der Waals surface area contributed by atoms with Crippen LogP contribution in [0.25, 0.3) is 0 Å². The lowest BCUT2D eigenvalue weighted by Gasteiger charge is -2.25. The second-order valence-corrected chi connectivity index (χ2v) is 4.44. The van der Waals surface area contributed by atoms with Gasteiger partial charge in [0, 0.05) is 19.7 Å². The van der Waals surface area contributed by atoms with Gasteiger partial charge in [0.1, 0.15) is 0 Å². The molecule has 0 spiro atoms. The van der Waals surface area contributed by atoms with Gasteiger partial charge in [-0.05, 0) is 18.5 Å². The summed E-state index contributed by atoms with van der Waals surface area (Å²) in [6.07, 6.45) is 0.708. The Morgan fingerprint density at radius 1 is 1.42 bits per heavy atom. The van der Waals surface area contributed by atoms with Crippen molar-refractivity contribution < 1.29 is 9.90 Å². The van der Waals surface area contributed by atoms with Gasteiger partial charge in [0.05, 0.1) is 5.92 Å². The van der Waals surface area contributed by atoms with E-state index in [-0.39, 0.29) is 18.4 Å². The molecule has 1 aromatic rings. The average Bonchev–Trinajstić information content (AvgIpc) is 2.48. The Morgan fingerprint density at radius 2 is 2.11 bits per heavy atom. The molecule has 1 atom stereocenters. The second-order valence-electron chi connectivity index (χ2n) is 4.44. The maximum atomic E-state index is 11.9. The highest BCUT2D eigenvalue weighted by Crippen LogP contribution is 2.17. The van der Waals surface area contributed by atoms with Crippen molar-refractivity contribution >= 4 is 5.91 Å². The molecule has 1 unspecified atom stereocenters. The van der Waals surface area contributed by atoms with E-state index in [0.29, 0.717) is 13.0 Å². The van der Waals surface area contributed by atoms with Gasteiger partial charge >= 0.3 is 0 Å². The molecule has 1 rings (SSSR count). The molecule has 106 valence electrons. The van der Waals surface area contributed by atoms with Gasteiger partial charge in [0.25, 0.3) is 0 Å². The predicted molar refractivity (Wildman–Crippen MR) is 75.3 cm³/mol. The molecule has 0 aliphatic rings. The Kier molecular flexibility index (Phi) is 7.10. The predicted octanol–water partition coefficient (Wildman–Crippen LogP) is 0.464. The topological polar surface area (TPSA) is 78.6 Å². The molecular formula is C14H23N3O2. The van der Waals surface area contributed by atoms with Crippen molar-refractivity contribution in [2.24, 2.45) is 5.84 Å². The zero-order chi connectivity index (χ0) is 14.1. The first-order chi connectivity index (χ1) is 9.22. The number of nitrogens with zero attached hydrogens (tertiary/aromatic N) is 1. The molecule has 19 heavy (non-hydrogen) atoms. The molecular weight excluding hydrogens is 242 g/mol. The number of hydrogen-bond donors (Lipinski definition) is 3. The molecule has 0 saturated heterocycles. The molecule has 0 fully saturated rings. The standard InChI is InChI=1S/C14H23N3O2/c1-2-17(9-6-10-18)11-13(14(19)16-15)12-7-4-3-5-8-12/h3-5,7-8,13,18H,2,6,9-11,15H2,1H3,(H,16,19). The van der Waals surface area contributed by atoms with Crippen LogP contribution in [-0.2, 0) is 4.79 Å². The van der Waals surface area contributed by atoms with Crippen LogP contribution in [0.2, 0.25) is 0 Å². The normalized spacial score (nSPS) is 12.4. The van der Waals surface area contributed by atoms with Gasteiger partial charge in [-0.3, -0.25) is 10.2 Å². The number of rotatable bonds is 8. The van der Waals surface area contributed by atoms with Crippen molar-refractivity contribution in [2.45, 2.75) is 19.3 Å². The van der Waals surface area contributed by atoms with Gasteiger partial charge in [-0.15, -0.1) is 0 Å². The summed E-state index contributed by atoms with van der Waals surface area (Å²) < 4.78 is 0. The Hall–Kier alpha value is -1.43. The second kappa shape index (κ2) is 8.63. The summed E-state index contributed by atoms with van der Waals surface area (Å²) in [6, 6.07) is 9.61. The van der Waals surface area contributed by atoms with Gasteiger partial charge in [-0.25, -0.2) is 5.84 Å². The van der Waals surface area contributed by atoms with E-state index in [2.05, 4.69) is 10.3 Å². The Balaban J connectivity index is 2.77. The number of aliphatic hydroxyl groups excluding tert-OH is 1. The van der Waals surface area contributed by atoms with Crippen molar-refractivity contribution in [1.29, 1.82) is 0 Å². The number of nitrogens with one attached hydrogen (secondary N) is 1. The smallest absolute Gasteiger partial charge is 0.242 e. The summed E-state index contributed by atoms with van der Waals surface area (Å²) in [5.74, 6) is 4.80. The van der Waals surface area contributed by atoms with Crippen molar-refractivity contribution in [2.75, 3.05) is 26.2 Å². The van der Waals surface area contributed by atoms with Crippen LogP contribution in [0.1, 0.15) is 24.8 Å². The van der Waals surface area contributed by atoms with E-state index < -0.39 is 0 Å². The molecule has 0 radical (unpaired) electrons. The van der Waals surface area contributed by atoms with Crippen LogP contribution >= 0.6 is 0 Å². The van der Waals surface area contributed by atoms with Crippen LogP contribution in [0, 0.1) is 0 Å². The molecule has 0 aliphatic carbocycles. The molecule has 0 heterocycles. The van der Waals surface area contributed by atoms with Crippen molar-refractivity contribution in [3.8, 4) is 0 Å². The molecule has 5 nitrogen and oxygen atoms in total. The third-order valence-corrected chi connectivity index (χ3v) is 3.18. The summed E-state index contributed by atoms with van der Waals surface area (Å²) >= 11 is 0. The van der Waals surface area contributed by atoms with Gasteiger partial charge < -0.3 is 10.0 Å². The summed E-state index contributed by atoms with van der Waals surface area (Å²) in [7, 11) is 0. The van der Waals surface area contributed by atoms with E-state index in [0.717, 1.165) is 18.7 Å². The van der Waals surface area contributed by atoms with Gasteiger partial charge in [0.2, 0.25) is 5.91 Å². The Bertz CT molecular complexity index is 370. The third kappa shape index (κ3) is 4.98. The van der Waals surface area contributed by atoms with Gasteiger partial charge in [-0.2, -0.15) is 0 Å². The molecule has 4 N–H and O–H groups in total. The molecule has 1 amide bonds. The minimum atomic E-state index is -0.287. The number of hydrazine groups is 1. The fraction of sp³-hybridized carbons (Fsp3) is 0.500. The first-order valence-corrected chi connectivity index (χ1v) is 6.61. The summed E-state index contributed by atoms with van der Waals surface area (Å²) in [6.45, 7) is 4.41. The minimum absolute atomic E-state index is 0.162. The lowest BCUT2D eigenvalue weighted by molar-refractivity contribution is -0.123. The number of carbonyl (C=O) groups excluding carboxylic acids is 1. The summed E-state index contributed by atoms with van der Waals surface area (Å²) in [5, 5.41) is 8.89. The molecule has 0 aromatic heterocycles. The number of aliphatic hydroxyl groups is 1. The molecule has 5 heteroatoms. The Morgan fingerprint density at radius 3 is 2.63 bits per heavy atom. The van der Waals surface area contributed by atoms with Crippen molar-refractivity contribution in [1.82, 2.24) is 10.3 Å². The fourth-order valence-electron chi connectivity index (χ4n) is 2.06. The number of amides is 1. The van der Waals surface area contributed by atoms with Crippen LogP contribution in [0.4, 0.5) is 0 Å². The lowest BCUT2D eigenvalue weighted by Crippen LogP contribution is -2.40. The lowest BCUT2D eigenvalue weighted by atomic mass is 9.97. The van der Waals surface area contributed by atoms with Crippen LogP contribution in [0.5, 0.6) is 0 Å². The molecule has 0 aliphatic heterocycles. The maximum absolute atomic E-state index is 11.9. The SMILES string of the molecule is CCN(CCCO)CC(C(=O)NN)c1ccccc1. The molecule has 1 aromatic carbocycles. The van der Waals surface area contributed by atoms with E-state index in [1.54, 1.807) is 0 Å². The van der Waals surface area contributed by atoms with Gasteiger partial charge in [0.15, 0.2) is 0 Å². The quantitative estimate of drug-likeness (QED) is 0.362. The molecule has 0 bridgehead atoms. The van der Waals surface area contributed by atoms with E-state index >= 15 is 0 Å². The van der Waals surface area contributed by atoms with Crippen molar-refractivity contribution in [3.63, 3.8) is 0 Å². The first kappa shape index (κ1) is 15.6. The fourth-order valence-corrected chi connectivity index (χ4v) is 2.06. The average molecular weight is 265 g/mol. The largest absolute Gasteiger partial charge is 0.396 e. The van der Waals surface area contributed by atoms with E-state index in [4.69, 9.17) is 10.9 Å². The van der Waals surface area contributed by atoms with Gasteiger partial charge in [-0.1, -0.05) is 37.3 Å². The van der Waals surface area contributed by atoms with Crippen molar-refractivity contribution in [3.05, 3.63) is 35.9 Å². The van der Waals surface area contributed by atoms with Crippen LogP contribution in [-0.4, -0.2) is 42.2 Å². The Labute approximate surface area is 114 Å². The third-order valence-electron chi connectivity index (χ3n) is 3.18. The highest BCUT2D eigenvalue weighted by atomic mass is 16.3. The first-order valence-electron chi connectivity index (χ1n) is 6.61. The number of hydrogen-bond acceptors (Lipinski definition) is 4. The summed E-state index contributed by atoms with van der Waals surface area (Å²) in [5.41, 5.74) is 3.19. The summed E-state index contributed by atoms with van der Waals surface area (Å²) in [4.78, 5) is 14.1. The zero-order valence-electron chi connectivity index (χ0n) is 11.4.